The average molecular weight is 298 g/mol. The minimum Gasteiger partial charge on any atom is -0.392 e. The largest absolute Gasteiger partial charge is 0.392 e. The van der Waals surface area contributed by atoms with E-state index >= 15 is 0 Å². The molecule has 5 nitrogen and oxygen atoms in total. The third kappa shape index (κ3) is 3.58. The Morgan fingerprint density at radius 1 is 1.30 bits per heavy atom. The molecule has 0 radical (unpaired) electrons. The minimum absolute atomic E-state index is 0.239. The molecule has 1 aliphatic rings. The standard InChI is InChI=1S/C14H22N2O3S/c1-15(2)20(18,19)14-7-5-12(6-8-14)10-16-9-3-4-13(17)11-16/h5-8,13,17H,3-4,9-11H2,1-2H3. The Balaban J connectivity index is 2.05. The van der Waals surface area contributed by atoms with Crippen molar-refractivity contribution in [2.75, 3.05) is 27.2 Å². The summed E-state index contributed by atoms with van der Waals surface area (Å²) in [5, 5.41) is 9.64. The van der Waals surface area contributed by atoms with Crippen LogP contribution in [-0.2, 0) is 16.6 Å². The monoisotopic (exact) mass is 298 g/mol. The summed E-state index contributed by atoms with van der Waals surface area (Å²) in [5.41, 5.74) is 1.07. The lowest BCUT2D eigenvalue weighted by Crippen LogP contribution is -2.37. The third-order valence-electron chi connectivity index (χ3n) is 3.59. The number of aliphatic hydroxyl groups is 1. The number of sulfonamides is 1. The normalized spacial score (nSPS) is 21.3. The first-order valence-electron chi connectivity index (χ1n) is 6.81. The second-order valence-electron chi connectivity index (χ2n) is 5.46. The number of benzene rings is 1. The highest BCUT2D eigenvalue weighted by Gasteiger charge is 2.19. The summed E-state index contributed by atoms with van der Waals surface area (Å²) in [4.78, 5) is 2.51. The van der Waals surface area contributed by atoms with Crippen LogP contribution in [0.1, 0.15) is 18.4 Å². The molecule has 2 rings (SSSR count). The van der Waals surface area contributed by atoms with Crippen LogP contribution in [0.2, 0.25) is 0 Å². The van der Waals surface area contributed by atoms with Crippen LogP contribution in [0.3, 0.4) is 0 Å². The molecule has 0 aromatic heterocycles. The first-order valence-corrected chi connectivity index (χ1v) is 8.25. The van der Waals surface area contributed by atoms with Crippen LogP contribution in [0, 0.1) is 0 Å². The van der Waals surface area contributed by atoms with Gasteiger partial charge in [0.15, 0.2) is 0 Å². The highest BCUT2D eigenvalue weighted by atomic mass is 32.2. The van der Waals surface area contributed by atoms with Gasteiger partial charge in [-0.3, -0.25) is 4.90 Å². The van der Waals surface area contributed by atoms with E-state index in [1.165, 1.54) is 18.4 Å². The first-order chi connectivity index (χ1) is 9.39. The van der Waals surface area contributed by atoms with Crippen LogP contribution in [0.5, 0.6) is 0 Å². The predicted octanol–water partition coefficient (Wildman–Crippen LogP) is 0.894. The summed E-state index contributed by atoms with van der Waals surface area (Å²) in [6, 6.07) is 6.98. The maximum Gasteiger partial charge on any atom is 0.242 e. The molecule has 1 heterocycles. The molecule has 1 aromatic rings. The van der Waals surface area contributed by atoms with Crippen LogP contribution in [-0.4, -0.2) is 56.0 Å². The van der Waals surface area contributed by atoms with Crippen LogP contribution in [0.25, 0.3) is 0 Å². The summed E-state index contributed by atoms with van der Waals surface area (Å²) >= 11 is 0. The van der Waals surface area contributed by atoms with Crippen molar-refractivity contribution < 1.29 is 13.5 Å². The van der Waals surface area contributed by atoms with Gasteiger partial charge < -0.3 is 5.11 Å². The van der Waals surface area contributed by atoms with Crippen molar-refractivity contribution in [2.45, 2.75) is 30.4 Å². The Kier molecular flexibility index (Phi) is 4.80. The lowest BCUT2D eigenvalue weighted by atomic mass is 10.1. The molecule has 0 bridgehead atoms. The van der Waals surface area contributed by atoms with Gasteiger partial charge in [0, 0.05) is 27.2 Å². The fourth-order valence-electron chi connectivity index (χ4n) is 2.41. The van der Waals surface area contributed by atoms with Gasteiger partial charge in [-0.25, -0.2) is 12.7 Å². The van der Waals surface area contributed by atoms with Crippen LogP contribution in [0.4, 0.5) is 0 Å². The number of hydrogen-bond donors (Lipinski definition) is 1. The number of likely N-dealkylation sites (tertiary alicyclic amines) is 1. The third-order valence-corrected chi connectivity index (χ3v) is 5.42. The van der Waals surface area contributed by atoms with Gasteiger partial charge in [-0.2, -0.15) is 0 Å². The molecular weight excluding hydrogens is 276 g/mol. The number of β-amino-alcohol motifs (C(OH)–C–C–N with tert-alkyl or cyclic N) is 1. The van der Waals surface area contributed by atoms with Crippen LogP contribution < -0.4 is 0 Å². The number of piperidine rings is 1. The highest BCUT2D eigenvalue weighted by Crippen LogP contribution is 2.17. The summed E-state index contributed by atoms with van der Waals surface area (Å²) in [7, 11) is -0.303. The van der Waals surface area contributed by atoms with Gasteiger partial charge in [0.25, 0.3) is 0 Å². The molecule has 0 spiro atoms. The van der Waals surface area contributed by atoms with E-state index in [4.69, 9.17) is 0 Å². The zero-order valence-electron chi connectivity index (χ0n) is 12.0. The number of aliphatic hydroxyl groups excluding tert-OH is 1. The molecule has 0 saturated carbocycles. The molecule has 112 valence electrons. The summed E-state index contributed by atoms with van der Waals surface area (Å²) in [6.45, 7) is 2.42. The van der Waals surface area contributed by atoms with Gasteiger partial charge in [0.05, 0.1) is 11.0 Å². The molecule has 1 aliphatic heterocycles. The van der Waals surface area contributed by atoms with Crippen LogP contribution in [0.15, 0.2) is 29.2 Å². The zero-order valence-corrected chi connectivity index (χ0v) is 12.8. The van der Waals surface area contributed by atoms with Gasteiger partial charge in [0.1, 0.15) is 0 Å². The van der Waals surface area contributed by atoms with E-state index in [1.54, 1.807) is 12.1 Å². The Morgan fingerprint density at radius 3 is 2.50 bits per heavy atom. The van der Waals surface area contributed by atoms with Crippen molar-refractivity contribution in [2.24, 2.45) is 0 Å². The molecule has 0 amide bonds. The minimum atomic E-state index is -3.36. The summed E-state index contributed by atoms with van der Waals surface area (Å²) < 4.78 is 25.1. The topological polar surface area (TPSA) is 60.9 Å². The quantitative estimate of drug-likeness (QED) is 0.897. The molecule has 6 heteroatoms. The van der Waals surface area contributed by atoms with E-state index in [9.17, 15) is 13.5 Å². The van der Waals surface area contributed by atoms with Crippen molar-refractivity contribution in [3.63, 3.8) is 0 Å². The molecule has 1 saturated heterocycles. The van der Waals surface area contributed by atoms with E-state index in [0.717, 1.165) is 31.5 Å². The molecule has 1 unspecified atom stereocenters. The predicted molar refractivity (Wildman–Crippen MR) is 77.8 cm³/mol. The Bertz CT molecular complexity index is 540. The highest BCUT2D eigenvalue weighted by molar-refractivity contribution is 7.89. The SMILES string of the molecule is CN(C)S(=O)(=O)c1ccc(CN2CCCC(O)C2)cc1. The molecule has 20 heavy (non-hydrogen) atoms. The second-order valence-corrected chi connectivity index (χ2v) is 7.61. The fraction of sp³-hybridized carbons (Fsp3) is 0.571. The van der Waals surface area contributed by atoms with Crippen molar-refractivity contribution >= 4 is 10.0 Å². The smallest absolute Gasteiger partial charge is 0.242 e. The number of hydrogen-bond acceptors (Lipinski definition) is 4. The molecule has 1 N–H and O–H groups in total. The van der Waals surface area contributed by atoms with E-state index in [2.05, 4.69) is 4.90 Å². The molecule has 1 aromatic carbocycles. The van der Waals surface area contributed by atoms with Crippen molar-refractivity contribution in [1.82, 2.24) is 9.21 Å². The van der Waals surface area contributed by atoms with E-state index in [1.807, 2.05) is 12.1 Å². The Labute approximate surface area is 120 Å². The maximum atomic E-state index is 12.0. The summed E-state index contributed by atoms with van der Waals surface area (Å²) in [6.07, 6.45) is 1.64. The Hall–Kier alpha value is -0.950. The number of rotatable bonds is 4. The molecular formula is C14H22N2O3S. The lowest BCUT2D eigenvalue weighted by molar-refractivity contribution is 0.0668. The molecule has 1 fully saturated rings. The maximum absolute atomic E-state index is 12.0. The van der Waals surface area contributed by atoms with Crippen LogP contribution >= 0.6 is 0 Å². The Morgan fingerprint density at radius 2 is 1.95 bits per heavy atom. The number of nitrogens with zero attached hydrogens (tertiary/aromatic N) is 2. The first kappa shape index (κ1) is 15.4. The van der Waals surface area contributed by atoms with Gasteiger partial charge in [-0.15, -0.1) is 0 Å². The van der Waals surface area contributed by atoms with E-state index < -0.39 is 10.0 Å². The second kappa shape index (κ2) is 6.22. The molecule has 0 aliphatic carbocycles. The van der Waals surface area contributed by atoms with Crippen molar-refractivity contribution in [1.29, 1.82) is 0 Å². The van der Waals surface area contributed by atoms with Crippen molar-refractivity contribution in [3.8, 4) is 0 Å². The van der Waals surface area contributed by atoms with Gasteiger partial charge in [-0.05, 0) is 37.1 Å². The molecule has 1 atom stereocenters. The summed E-state index contributed by atoms with van der Waals surface area (Å²) in [5.74, 6) is 0. The van der Waals surface area contributed by atoms with Gasteiger partial charge >= 0.3 is 0 Å². The average Bonchev–Trinajstić information content (AvgIpc) is 2.39. The fourth-order valence-corrected chi connectivity index (χ4v) is 3.31. The lowest BCUT2D eigenvalue weighted by Gasteiger charge is -2.30. The van der Waals surface area contributed by atoms with Gasteiger partial charge in [-0.1, -0.05) is 12.1 Å². The zero-order chi connectivity index (χ0) is 14.8. The van der Waals surface area contributed by atoms with E-state index in [-0.39, 0.29) is 6.10 Å². The van der Waals surface area contributed by atoms with Crippen molar-refractivity contribution in [3.05, 3.63) is 29.8 Å². The van der Waals surface area contributed by atoms with Gasteiger partial charge in [0.2, 0.25) is 10.0 Å². The van der Waals surface area contributed by atoms with E-state index in [0.29, 0.717) is 11.4 Å².